The molecule has 2 aromatic rings. The van der Waals surface area contributed by atoms with Crippen LogP contribution in [0, 0.1) is 17.8 Å². The summed E-state index contributed by atoms with van der Waals surface area (Å²) in [7, 11) is 2.00. The van der Waals surface area contributed by atoms with E-state index in [1.54, 1.807) is 12.3 Å². The van der Waals surface area contributed by atoms with Crippen LogP contribution in [0.3, 0.4) is 0 Å². The summed E-state index contributed by atoms with van der Waals surface area (Å²) in [6, 6.07) is 9.15. The van der Waals surface area contributed by atoms with Gasteiger partial charge in [0.15, 0.2) is 6.10 Å². The van der Waals surface area contributed by atoms with Gasteiger partial charge in [-0.15, -0.1) is 11.3 Å². The SMILES string of the molecule is C=CCOC(=O)[C@@H](C)C[C@H](Cc1ccccc1)NC(=O)c1csc([C@@H](C[C@H](C(C)C)N(C)C[C@@H](NC(=O)OC(C)(C)C)[C@@H](C)CC)OC(C)=O)n1. The molecule has 1 heterocycles. The summed E-state index contributed by atoms with van der Waals surface area (Å²) in [6.07, 6.45) is 2.56. The van der Waals surface area contributed by atoms with Gasteiger partial charge >= 0.3 is 18.0 Å². The number of alkyl carbamates (subject to hydrolysis) is 1. The second-order valence-corrected chi connectivity index (χ2v) is 15.6. The van der Waals surface area contributed by atoms with Crippen LogP contribution in [0.2, 0.25) is 0 Å². The van der Waals surface area contributed by atoms with Crippen molar-refractivity contribution in [2.75, 3.05) is 20.2 Å². The number of benzene rings is 1. The lowest BCUT2D eigenvalue weighted by atomic mass is 9.93. The van der Waals surface area contributed by atoms with Crippen molar-refractivity contribution in [3.8, 4) is 0 Å². The molecular formula is C39H60N4O7S. The minimum absolute atomic E-state index is 0.0555. The molecule has 0 fully saturated rings. The zero-order valence-corrected chi connectivity index (χ0v) is 33.0. The van der Waals surface area contributed by atoms with Crippen LogP contribution in [0.15, 0.2) is 48.4 Å². The summed E-state index contributed by atoms with van der Waals surface area (Å²) in [4.78, 5) is 58.0. The van der Waals surface area contributed by atoms with Crippen molar-refractivity contribution >= 4 is 35.3 Å². The number of aromatic nitrogens is 1. The summed E-state index contributed by atoms with van der Waals surface area (Å²) < 4.78 is 16.6. The van der Waals surface area contributed by atoms with E-state index in [1.165, 1.54) is 24.3 Å². The van der Waals surface area contributed by atoms with Crippen LogP contribution in [0.1, 0.15) is 109 Å². The summed E-state index contributed by atoms with van der Waals surface area (Å²) in [5, 5.41) is 8.33. The van der Waals surface area contributed by atoms with Gasteiger partial charge in [0.25, 0.3) is 5.91 Å². The number of carbonyl (C=O) groups excluding carboxylic acids is 4. The van der Waals surface area contributed by atoms with E-state index in [0.717, 1.165) is 12.0 Å². The molecule has 284 valence electrons. The molecule has 0 radical (unpaired) electrons. The van der Waals surface area contributed by atoms with Gasteiger partial charge in [0.1, 0.15) is 22.9 Å². The van der Waals surface area contributed by atoms with E-state index >= 15 is 0 Å². The lowest BCUT2D eigenvalue weighted by molar-refractivity contribution is -0.148. The third kappa shape index (κ3) is 15.6. The number of nitrogens with zero attached hydrogens (tertiary/aromatic N) is 2. The molecule has 2 rings (SSSR count). The first-order valence-electron chi connectivity index (χ1n) is 17.9. The summed E-state index contributed by atoms with van der Waals surface area (Å²) >= 11 is 1.26. The summed E-state index contributed by atoms with van der Waals surface area (Å²) in [6.45, 7) is 21.3. The van der Waals surface area contributed by atoms with Gasteiger partial charge in [-0.2, -0.15) is 0 Å². The monoisotopic (exact) mass is 728 g/mol. The number of rotatable bonds is 20. The lowest BCUT2D eigenvalue weighted by Gasteiger charge is -2.37. The fourth-order valence-corrected chi connectivity index (χ4v) is 6.67. The van der Waals surface area contributed by atoms with Gasteiger partial charge in [-0.25, -0.2) is 9.78 Å². The van der Waals surface area contributed by atoms with Crippen LogP contribution in [0.25, 0.3) is 0 Å². The molecule has 1 aromatic carbocycles. The van der Waals surface area contributed by atoms with E-state index in [9.17, 15) is 19.2 Å². The van der Waals surface area contributed by atoms with Crippen molar-refractivity contribution < 1.29 is 33.4 Å². The summed E-state index contributed by atoms with van der Waals surface area (Å²) in [5.74, 6) is -1.30. The minimum atomic E-state index is -0.690. The molecule has 2 amide bonds. The molecule has 0 aliphatic heterocycles. The normalized spacial score (nSPS) is 15.2. The highest BCUT2D eigenvalue weighted by atomic mass is 32.1. The van der Waals surface area contributed by atoms with Gasteiger partial charge in [-0.05, 0) is 58.1 Å². The first-order valence-corrected chi connectivity index (χ1v) is 18.8. The van der Waals surface area contributed by atoms with Crippen molar-refractivity contribution in [2.24, 2.45) is 17.8 Å². The number of ether oxygens (including phenoxy) is 3. The molecule has 0 saturated heterocycles. The fourth-order valence-electron chi connectivity index (χ4n) is 5.83. The Hall–Kier alpha value is -3.77. The molecule has 2 N–H and O–H groups in total. The molecule has 0 aliphatic carbocycles. The number of thiazole rings is 1. The minimum Gasteiger partial charge on any atom is -0.461 e. The maximum atomic E-state index is 13.6. The molecule has 0 aliphatic rings. The molecule has 12 heteroatoms. The van der Waals surface area contributed by atoms with Gasteiger partial charge in [-0.1, -0.05) is 84.0 Å². The zero-order valence-electron chi connectivity index (χ0n) is 32.2. The van der Waals surface area contributed by atoms with E-state index in [1.807, 2.05) is 58.2 Å². The molecule has 1 aromatic heterocycles. The van der Waals surface area contributed by atoms with Crippen LogP contribution in [-0.4, -0.2) is 77.7 Å². The van der Waals surface area contributed by atoms with Crippen LogP contribution in [0.5, 0.6) is 0 Å². The third-order valence-corrected chi connectivity index (χ3v) is 9.63. The van der Waals surface area contributed by atoms with Crippen LogP contribution in [-0.2, 0) is 30.2 Å². The van der Waals surface area contributed by atoms with Gasteiger partial charge in [0.2, 0.25) is 0 Å². The molecule has 51 heavy (non-hydrogen) atoms. The molecule has 0 bridgehead atoms. The molecular weight excluding hydrogens is 669 g/mol. The Morgan fingerprint density at radius 1 is 1.04 bits per heavy atom. The first-order chi connectivity index (χ1) is 23.9. The Morgan fingerprint density at radius 3 is 2.27 bits per heavy atom. The maximum absolute atomic E-state index is 13.6. The van der Waals surface area contributed by atoms with E-state index in [4.69, 9.17) is 14.2 Å². The predicted molar refractivity (Wildman–Crippen MR) is 201 cm³/mol. The fraction of sp³-hybridized carbons (Fsp3) is 0.615. The number of nitrogens with one attached hydrogen (secondary N) is 2. The standard InChI is InChI=1S/C39H60N4O7S/c1-12-19-48-37(46)27(6)20-30(21-29-17-15-14-16-18-29)40-35(45)32-24-51-36(41-32)34(49-28(7)44)22-33(25(3)4)43(11)23-31(26(5)13-2)42-38(47)50-39(8,9)10/h12,14-18,24-27,30-31,33-34H,1,13,19-23H2,2-11H3,(H,40,45)(H,42,47)/t26-,27-,30+,31+,33+,34+/m0/s1. The van der Waals surface area contributed by atoms with Crippen molar-refractivity contribution in [1.82, 2.24) is 20.5 Å². The predicted octanol–water partition coefficient (Wildman–Crippen LogP) is 7.13. The van der Waals surface area contributed by atoms with Gasteiger partial charge < -0.3 is 29.7 Å². The number of likely N-dealkylation sites (N-methyl/N-ethyl adjacent to an activating group) is 1. The average molecular weight is 729 g/mol. The van der Waals surface area contributed by atoms with Crippen molar-refractivity contribution in [1.29, 1.82) is 0 Å². The van der Waals surface area contributed by atoms with Crippen LogP contribution < -0.4 is 10.6 Å². The summed E-state index contributed by atoms with van der Waals surface area (Å²) in [5.41, 5.74) is 0.613. The smallest absolute Gasteiger partial charge is 0.407 e. The Morgan fingerprint density at radius 2 is 1.71 bits per heavy atom. The van der Waals surface area contributed by atoms with E-state index in [2.05, 4.69) is 54.8 Å². The van der Waals surface area contributed by atoms with Gasteiger partial charge in [0, 0.05) is 43.4 Å². The van der Waals surface area contributed by atoms with E-state index in [-0.39, 0.29) is 54.1 Å². The molecule has 11 nitrogen and oxygen atoms in total. The number of amides is 2. The number of hydrogen-bond donors (Lipinski definition) is 2. The molecule has 6 atom stereocenters. The van der Waals surface area contributed by atoms with Crippen molar-refractivity contribution in [3.63, 3.8) is 0 Å². The highest BCUT2D eigenvalue weighted by molar-refractivity contribution is 7.09. The largest absolute Gasteiger partial charge is 0.461 e. The second-order valence-electron chi connectivity index (χ2n) is 14.7. The quantitative estimate of drug-likeness (QED) is 0.0829. The number of carbonyl (C=O) groups is 4. The third-order valence-electron chi connectivity index (χ3n) is 8.69. The second kappa shape index (κ2) is 20.9. The maximum Gasteiger partial charge on any atom is 0.407 e. The number of hydrogen-bond acceptors (Lipinski definition) is 10. The lowest BCUT2D eigenvalue weighted by Crippen LogP contribution is -2.51. The highest BCUT2D eigenvalue weighted by Crippen LogP contribution is 2.31. The molecule has 0 unspecified atom stereocenters. The van der Waals surface area contributed by atoms with Crippen LogP contribution >= 0.6 is 11.3 Å². The van der Waals surface area contributed by atoms with E-state index in [0.29, 0.717) is 30.8 Å². The van der Waals surface area contributed by atoms with Gasteiger partial charge in [0.05, 0.1) is 5.92 Å². The molecule has 0 spiro atoms. The zero-order chi connectivity index (χ0) is 38.3. The Balaban J connectivity index is 2.27. The van der Waals surface area contributed by atoms with Crippen molar-refractivity contribution in [2.45, 2.75) is 118 Å². The Labute approximate surface area is 308 Å². The average Bonchev–Trinajstić information content (AvgIpc) is 3.54. The highest BCUT2D eigenvalue weighted by Gasteiger charge is 2.32. The molecule has 0 saturated carbocycles. The topological polar surface area (TPSA) is 136 Å². The Kier molecular flexibility index (Phi) is 17.8. The van der Waals surface area contributed by atoms with Crippen LogP contribution in [0.4, 0.5) is 4.79 Å². The first kappa shape index (κ1) is 43.4. The van der Waals surface area contributed by atoms with Gasteiger partial charge in [-0.3, -0.25) is 14.4 Å². The Bertz CT molecular complexity index is 1410. The number of esters is 2. The van der Waals surface area contributed by atoms with E-state index < -0.39 is 29.7 Å². The van der Waals surface area contributed by atoms with Crippen molar-refractivity contribution in [3.05, 3.63) is 64.6 Å².